The number of sulfonamides is 1. The average Bonchev–Trinajstić information content (AvgIpc) is 3.40. The number of ether oxygens (including phenoxy) is 1. The van der Waals surface area contributed by atoms with Crippen LogP contribution in [0.5, 0.6) is 5.75 Å². The van der Waals surface area contributed by atoms with Crippen LogP contribution in [0.3, 0.4) is 0 Å². The number of nitrogens with one attached hydrogen (secondary N) is 1. The fourth-order valence-electron chi connectivity index (χ4n) is 4.20. The molecule has 0 bridgehead atoms. The third-order valence-electron chi connectivity index (χ3n) is 5.90. The van der Waals surface area contributed by atoms with Gasteiger partial charge in [-0.15, -0.1) is 0 Å². The number of piperidine rings is 1. The van der Waals surface area contributed by atoms with Crippen LogP contribution < -0.4 is 10.1 Å². The first-order valence-corrected chi connectivity index (χ1v) is 12.1. The van der Waals surface area contributed by atoms with Crippen molar-refractivity contribution < 1.29 is 17.9 Å². The molecule has 7 nitrogen and oxygen atoms in total. The van der Waals surface area contributed by atoms with E-state index in [1.54, 1.807) is 17.7 Å². The molecule has 0 unspecified atom stereocenters. The molecule has 1 saturated heterocycles. The molecule has 1 aromatic heterocycles. The van der Waals surface area contributed by atoms with E-state index in [1.807, 2.05) is 18.2 Å². The molecule has 2 aliphatic rings. The van der Waals surface area contributed by atoms with Crippen LogP contribution >= 0.6 is 0 Å². The zero-order valence-electron chi connectivity index (χ0n) is 17.3. The van der Waals surface area contributed by atoms with Crippen molar-refractivity contribution in [1.82, 2.24) is 8.87 Å². The second-order valence-corrected chi connectivity index (χ2v) is 10.0. The lowest BCUT2D eigenvalue weighted by atomic mass is 10.2. The van der Waals surface area contributed by atoms with E-state index in [4.69, 9.17) is 4.74 Å². The van der Waals surface area contributed by atoms with Crippen molar-refractivity contribution >= 4 is 21.6 Å². The Balaban J connectivity index is 1.52. The maximum absolute atomic E-state index is 12.9. The first-order valence-electron chi connectivity index (χ1n) is 10.7. The van der Waals surface area contributed by atoms with Crippen molar-refractivity contribution in [3.05, 3.63) is 42.2 Å². The number of hydrogen-bond acceptors (Lipinski definition) is 4. The fraction of sp³-hybridized carbons (Fsp3) is 0.500. The molecule has 1 aliphatic heterocycles. The van der Waals surface area contributed by atoms with Crippen LogP contribution in [0.1, 0.15) is 55.4 Å². The predicted octanol–water partition coefficient (Wildman–Crippen LogP) is 3.77. The highest BCUT2D eigenvalue weighted by molar-refractivity contribution is 7.89. The summed E-state index contributed by atoms with van der Waals surface area (Å²) in [6.07, 6.45) is 8.87. The second-order valence-electron chi connectivity index (χ2n) is 8.11. The van der Waals surface area contributed by atoms with Crippen molar-refractivity contribution in [3.8, 4) is 5.75 Å². The Hall–Kier alpha value is -2.32. The van der Waals surface area contributed by atoms with E-state index in [9.17, 15) is 13.2 Å². The number of rotatable bonds is 6. The van der Waals surface area contributed by atoms with Gasteiger partial charge in [0.05, 0.1) is 11.8 Å². The summed E-state index contributed by atoms with van der Waals surface area (Å²) in [6.45, 7) is 1.06. The van der Waals surface area contributed by atoms with Gasteiger partial charge in [-0.2, -0.15) is 4.31 Å². The molecule has 30 heavy (non-hydrogen) atoms. The maximum atomic E-state index is 12.9. The molecule has 162 valence electrons. The van der Waals surface area contributed by atoms with E-state index < -0.39 is 10.0 Å². The van der Waals surface area contributed by atoms with Gasteiger partial charge in [-0.1, -0.05) is 18.6 Å². The largest absolute Gasteiger partial charge is 0.488 e. The Bertz CT molecular complexity index is 1000. The highest BCUT2D eigenvalue weighted by Gasteiger charge is 2.28. The summed E-state index contributed by atoms with van der Waals surface area (Å²) in [5.74, 6) is 0.285. The van der Waals surface area contributed by atoms with Crippen molar-refractivity contribution in [3.63, 3.8) is 0 Å². The van der Waals surface area contributed by atoms with Gasteiger partial charge >= 0.3 is 0 Å². The first-order chi connectivity index (χ1) is 14.4. The van der Waals surface area contributed by atoms with E-state index in [1.165, 1.54) is 16.6 Å². The number of anilines is 1. The quantitative estimate of drug-likeness (QED) is 0.755. The van der Waals surface area contributed by atoms with Gasteiger partial charge in [0.2, 0.25) is 10.0 Å². The minimum atomic E-state index is -3.59. The molecule has 2 heterocycles. The molecule has 4 rings (SSSR count). The number of aryl methyl sites for hydroxylation is 1. The lowest BCUT2D eigenvalue weighted by Gasteiger charge is -2.25. The SMILES string of the molecule is Cn1cc(S(=O)(=O)N2CCCCC2)cc1C(=O)Nc1ccccc1OC1CCCC1. The number of benzene rings is 1. The lowest BCUT2D eigenvalue weighted by molar-refractivity contribution is 0.101. The van der Waals surface area contributed by atoms with Crippen molar-refractivity contribution in [2.24, 2.45) is 7.05 Å². The van der Waals surface area contributed by atoms with Crippen LogP contribution in [0.2, 0.25) is 0 Å². The summed E-state index contributed by atoms with van der Waals surface area (Å²) in [7, 11) is -1.90. The molecule has 1 N–H and O–H groups in total. The average molecular weight is 432 g/mol. The number of carbonyl (C=O) groups excluding carboxylic acids is 1. The number of para-hydroxylation sites is 2. The van der Waals surface area contributed by atoms with E-state index in [-0.39, 0.29) is 16.9 Å². The molecule has 1 saturated carbocycles. The minimum Gasteiger partial charge on any atom is -0.488 e. The monoisotopic (exact) mass is 431 g/mol. The molecule has 2 fully saturated rings. The van der Waals surface area contributed by atoms with E-state index in [0.717, 1.165) is 44.9 Å². The van der Waals surface area contributed by atoms with Crippen molar-refractivity contribution in [1.29, 1.82) is 0 Å². The molecule has 0 spiro atoms. The van der Waals surface area contributed by atoms with Crippen LogP contribution in [0.15, 0.2) is 41.4 Å². The van der Waals surface area contributed by atoms with Gasteiger partial charge < -0.3 is 14.6 Å². The van der Waals surface area contributed by atoms with Gasteiger partial charge in [0, 0.05) is 26.3 Å². The highest BCUT2D eigenvalue weighted by Crippen LogP contribution is 2.30. The first kappa shape index (κ1) is 20.9. The molecular weight excluding hydrogens is 402 g/mol. The zero-order valence-corrected chi connectivity index (χ0v) is 18.2. The van der Waals surface area contributed by atoms with Gasteiger partial charge in [0.1, 0.15) is 16.3 Å². The van der Waals surface area contributed by atoms with Crippen molar-refractivity contribution in [2.45, 2.75) is 55.9 Å². The number of hydrogen-bond donors (Lipinski definition) is 1. The Kier molecular flexibility index (Phi) is 6.15. The molecule has 0 atom stereocenters. The molecule has 0 radical (unpaired) electrons. The van der Waals surface area contributed by atoms with Crippen molar-refractivity contribution in [2.75, 3.05) is 18.4 Å². The van der Waals surface area contributed by atoms with Crippen LogP contribution in [-0.4, -0.2) is 42.4 Å². The van der Waals surface area contributed by atoms with Gasteiger partial charge in [-0.3, -0.25) is 4.79 Å². The van der Waals surface area contributed by atoms with Gasteiger partial charge in [0.25, 0.3) is 5.91 Å². The van der Waals surface area contributed by atoms with E-state index in [2.05, 4.69) is 5.32 Å². The van der Waals surface area contributed by atoms with Gasteiger partial charge in [-0.25, -0.2) is 8.42 Å². The standard InChI is InChI=1S/C22H29N3O4S/c1-24-16-18(30(27,28)25-13-7-2-8-14-25)15-20(24)22(26)23-19-11-5-6-12-21(19)29-17-9-3-4-10-17/h5-6,11-12,15-17H,2-4,7-10,13-14H2,1H3,(H,23,26). The minimum absolute atomic E-state index is 0.160. The molecule has 1 aliphatic carbocycles. The number of aromatic nitrogens is 1. The zero-order chi connectivity index (χ0) is 21.1. The molecular formula is C22H29N3O4S. The number of nitrogens with zero attached hydrogens (tertiary/aromatic N) is 2. The summed E-state index contributed by atoms with van der Waals surface area (Å²) in [5.41, 5.74) is 0.886. The van der Waals surface area contributed by atoms with Gasteiger partial charge in [-0.05, 0) is 56.7 Å². The number of amides is 1. The normalized spacial score (nSPS) is 18.4. The Morgan fingerprint density at radius 3 is 2.50 bits per heavy atom. The highest BCUT2D eigenvalue weighted by atomic mass is 32.2. The molecule has 1 aromatic carbocycles. The molecule has 1 amide bonds. The Morgan fingerprint density at radius 1 is 1.07 bits per heavy atom. The smallest absolute Gasteiger partial charge is 0.272 e. The van der Waals surface area contributed by atoms with Crippen LogP contribution in [0.4, 0.5) is 5.69 Å². The summed E-state index contributed by atoms with van der Waals surface area (Å²) < 4.78 is 35.0. The summed E-state index contributed by atoms with van der Waals surface area (Å²) in [5, 5.41) is 2.89. The topological polar surface area (TPSA) is 80.6 Å². The Morgan fingerprint density at radius 2 is 1.77 bits per heavy atom. The summed E-state index contributed by atoms with van der Waals surface area (Å²) in [4.78, 5) is 13.1. The molecule has 8 heteroatoms. The third-order valence-corrected chi connectivity index (χ3v) is 7.76. The number of carbonyl (C=O) groups is 1. The van der Waals surface area contributed by atoms with E-state index >= 15 is 0 Å². The maximum Gasteiger partial charge on any atom is 0.272 e. The third kappa shape index (κ3) is 4.39. The van der Waals surface area contributed by atoms with Crippen LogP contribution in [0, 0.1) is 0 Å². The van der Waals surface area contributed by atoms with Gasteiger partial charge in [0.15, 0.2) is 0 Å². The predicted molar refractivity (Wildman–Crippen MR) is 115 cm³/mol. The summed E-state index contributed by atoms with van der Waals surface area (Å²) >= 11 is 0. The fourth-order valence-corrected chi connectivity index (χ4v) is 5.79. The van der Waals surface area contributed by atoms with Crippen LogP contribution in [0.25, 0.3) is 0 Å². The summed E-state index contributed by atoms with van der Waals surface area (Å²) in [6, 6.07) is 8.83. The van der Waals surface area contributed by atoms with Crippen LogP contribution in [-0.2, 0) is 17.1 Å². The molecule has 2 aromatic rings. The van der Waals surface area contributed by atoms with E-state index in [0.29, 0.717) is 30.2 Å². The second kappa shape index (κ2) is 8.81. The lowest BCUT2D eigenvalue weighted by Crippen LogP contribution is -2.35. The Labute approximate surface area is 178 Å².